The van der Waals surface area contributed by atoms with Crippen LogP contribution in [0.3, 0.4) is 0 Å². The van der Waals surface area contributed by atoms with Crippen molar-refractivity contribution in [1.29, 1.82) is 0 Å². The Labute approximate surface area is 165 Å². The molecule has 0 unspecified atom stereocenters. The van der Waals surface area contributed by atoms with Crippen molar-refractivity contribution >= 4 is 29.1 Å². The van der Waals surface area contributed by atoms with Gasteiger partial charge in [-0.2, -0.15) is 0 Å². The third-order valence-corrected chi connectivity index (χ3v) is 4.10. The van der Waals surface area contributed by atoms with Gasteiger partial charge in [0.05, 0.1) is 13.1 Å². The molecule has 148 valence electrons. The van der Waals surface area contributed by atoms with Crippen molar-refractivity contribution in [2.75, 3.05) is 36.9 Å². The molecule has 0 aliphatic carbocycles. The van der Waals surface area contributed by atoms with Gasteiger partial charge in [-0.3, -0.25) is 19.3 Å². The summed E-state index contributed by atoms with van der Waals surface area (Å²) >= 11 is 0. The van der Waals surface area contributed by atoms with Gasteiger partial charge in [0, 0.05) is 24.3 Å². The molecule has 0 aliphatic heterocycles. The Morgan fingerprint density at radius 2 is 1.61 bits per heavy atom. The fourth-order valence-corrected chi connectivity index (χ4v) is 2.68. The monoisotopic (exact) mass is 382 g/mol. The van der Waals surface area contributed by atoms with Crippen molar-refractivity contribution in [2.24, 2.45) is 5.73 Å². The number of carbonyl (C=O) groups is 3. The summed E-state index contributed by atoms with van der Waals surface area (Å²) in [5.74, 6) is -0.889. The van der Waals surface area contributed by atoms with Gasteiger partial charge >= 0.3 is 0 Å². The SMILES string of the molecule is Cc1ccc(NC(=O)CN(C)CC(=O)N(CCC(N)=O)c2ccccc2)cc1. The molecule has 0 bridgehead atoms. The number of rotatable bonds is 9. The Kier molecular flexibility index (Phi) is 7.71. The second-order valence-electron chi connectivity index (χ2n) is 6.68. The number of primary amides is 1. The van der Waals surface area contributed by atoms with Gasteiger partial charge in [-0.05, 0) is 38.2 Å². The number of amides is 3. The van der Waals surface area contributed by atoms with E-state index in [0.29, 0.717) is 11.4 Å². The minimum Gasteiger partial charge on any atom is -0.370 e. The van der Waals surface area contributed by atoms with E-state index in [4.69, 9.17) is 5.73 Å². The fourth-order valence-electron chi connectivity index (χ4n) is 2.68. The van der Waals surface area contributed by atoms with Gasteiger partial charge in [0.15, 0.2) is 0 Å². The van der Waals surface area contributed by atoms with E-state index in [9.17, 15) is 14.4 Å². The lowest BCUT2D eigenvalue weighted by Crippen LogP contribution is -2.42. The lowest BCUT2D eigenvalue weighted by molar-refractivity contribution is -0.121. The van der Waals surface area contributed by atoms with Crippen LogP contribution in [0.2, 0.25) is 0 Å². The molecule has 0 atom stereocenters. The van der Waals surface area contributed by atoms with Crippen molar-refractivity contribution < 1.29 is 14.4 Å². The number of benzene rings is 2. The predicted octanol–water partition coefficient (Wildman–Crippen LogP) is 1.77. The molecule has 28 heavy (non-hydrogen) atoms. The molecular formula is C21H26N4O3. The number of aryl methyl sites for hydroxylation is 1. The lowest BCUT2D eigenvalue weighted by Gasteiger charge is -2.25. The van der Waals surface area contributed by atoms with Crippen LogP contribution in [-0.2, 0) is 14.4 Å². The summed E-state index contributed by atoms with van der Waals surface area (Å²) in [6, 6.07) is 16.6. The first-order chi connectivity index (χ1) is 13.3. The predicted molar refractivity (Wildman–Crippen MR) is 110 cm³/mol. The molecule has 0 saturated carbocycles. The van der Waals surface area contributed by atoms with E-state index in [2.05, 4.69) is 5.32 Å². The summed E-state index contributed by atoms with van der Waals surface area (Å²) in [5.41, 5.74) is 7.73. The van der Waals surface area contributed by atoms with E-state index in [1.165, 1.54) is 4.90 Å². The smallest absolute Gasteiger partial charge is 0.241 e. The molecule has 7 nitrogen and oxygen atoms in total. The van der Waals surface area contributed by atoms with E-state index < -0.39 is 5.91 Å². The number of hydrogen-bond acceptors (Lipinski definition) is 4. The highest BCUT2D eigenvalue weighted by atomic mass is 16.2. The lowest BCUT2D eigenvalue weighted by atomic mass is 10.2. The van der Waals surface area contributed by atoms with Crippen LogP contribution in [0, 0.1) is 6.92 Å². The molecule has 3 amide bonds. The molecule has 0 aromatic heterocycles. The van der Waals surface area contributed by atoms with Crippen LogP contribution in [0.25, 0.3) is 0 Å². The van der Waals surface area contributed by atoms with Gasteiger partial charge in [-0.1, -0.05) is 35.9 Å². The van der Waals surface area contributed by atoms with Crippen LogP contribution >= 0.6 is 0 Å². The number of carbonyl (C=O) groups excluding carboxylic acids is 3. The number of nitrogens with one attached hydrogen (secondary N) is 1. The van der Waals surface area contributed by atoms with Gasteiger partial charge in [0.25, 0.3) is 0 Å². The highest BCUT2D eigenvalue weighted by Gasteiger charge is 2.19. The zero-order valence-electron chi connectivity index (χ0n) is 16.2. The Bertz CT molecular complexity index is 806. The summed E-state index contributed by atoms with van der Waals surface area (Å²) in [7, 11) is 1.70. The normalized spacial score (nSPS) is 10.5. The summed E-state index contributed by atoms with van der Waals surface area (Å²) in [6.07, 6.45) is 0.0677. The van der Waals surface area contributed by atoms with Gasteiger partial charge in [0.2, 0.25) is 17.7 Å². The van der Waals surface area contributed by atoms with Gasteiger partial charge in [-0.25, -0.2) is 0 Å². The highest BCUT2D eigenvalue weighted by Crippen LogP contribution is 2.14. The Hall–Kier alpha value is -3.19. The molecule has 0 fully saturated rings. The Balaban J connectivity index is 1.94. The summed E-state index contributed by atoms with van der Waals surface area (Å²) < 4.78 is 0. The van der Waals surface area contributed by atoms with E-state index in [1.807, 2.05) is 49.4 Å². The zero-order chi connectivity index (χ0) is 20.5. The standard InChI is InChI=1S/C21H26N4O3/c1-16-8-10-17(11-9-16)23-20(27)14-24(2)15-21(28)25(13-12-19(22)26)18-6-4-3-5-7-18/h3-11H,12-15H2,1-2H3,(H2,22,26)(H,23,27). The number of likely N-dealkylation sites (N-methyl/N-ethyl adjacent to an activating group) is 1. The topological polar surface area (TPSA) is 95.7 Å². The first-order valence-electron chi connectivity index (χ1n) is 9.04. The third-order valence-electron chi connectivity index (χ3n) is 4.10. The van der Waals surface area contributed by atoms with Crippen LogP contribution in [0.15, 0.2) is 54.6 Å². The molecule has 2 aromatic rings. The minimum atomic E-state index is -0.473. The van der Waals surface area contributed by atoms with Crippen molar-refractivity contribution in [3.05, 3.63) is 60.2 Å². The number of anilines is 2. The third kappa shape index (κ3) is 6.85. The number of nitrogens with two attached hydrogens (primary N) is 1. The first kappa shape index (κ1) is 21.1. The maximum Gasteiger partial charge on any atom is 0.241 e. The van der Waals surface area contributed by atoms with Gasteiger partial charge in [-0.15, -0.1) is 0 Å². The van der Waals surface area contributed by atoms with Crippen molar-refractivity contribution in [3.63, 3.8) is 0 Å². The molecule has 2 aromatic carbocycles. The Morgan fingerprint density at radius 3 is 2.21 bits per heavy atom. The van der Waals surface area contributed by atoms with E-state index >= 15 is 0 Å². The van der Waals surface area contributed by atoms with Crippen molar-refractivity contribution in [2.45, 2.75) is 13.3 Å². The molecule has 7 heteroatoms. The molecule has 0 heterocycles. The van der Waals surface area contributed by atoms with Crippen LogP contribution in [-0.4, -0.2) is 49.3 Å². The largest absolute Gasteiger partial charge is 0.370 e. The van der Waals surface area contributed by atoms with E-state index in [-0.39, 0.29) is 37.9 Å². The molecule has 0 saturated heterocycles. The van der Waals surface area contributed by atoms with Crippen LogP contribution in [0.5, 0.6) is 0 Å². The fraction of sp³-hybridized carbons (Fsp3) is 0.286. The number of nitrogens with zero attached hydrogens (tertiary/aromatic N) is 2. The van der Waals surface area contributed by atoms with E-state index in [1.54, 1.807) is 24.1 Å². The molecule has 0 radical (unpaired) electrons. The summed E-state index contributed by atoms with van der Waals surface area (Å²) in [5, 5.41) is 2.81. The maximum atomic E-state index is 12.7. The molecule has 3 N–H and O–H groups in total. The van der Waals surface area contributed by atoms with Crippen molar-refractivity contribution in [1.82, 2.24) is 4.90 Å². The molecule has 2 rings (SSSR count). The summed E-state index contributed by atoms with van der Waals surface area (Å²) in [6.45, 7) is 2.27. The quantitative estimate of drug-likeness (QED) is 0.691. The van der Waals surface area contributed by atoms with Gasteiger partial charge < -0.3 is 16.0 Å². The Morgan fingerprint density at radius 1 is 0.964 bits per heavy atom. The van der Waals surface area contributed by atoms with Crippen LogP contribution < -0.4 is 16.0 Å². The summed E-state index contributed by atoms with van der Waals surface area (Å²) in [4.78, 5) is 39.2. The average molecular weight is 382 g/mol. The average Bonchev–Trinajstić information content (AvgIpc) is 2.64. The number of para-hydroxylation sites is 1. The van der Waals surface area contributed by atoms with Gasteiger partial charge in [0.1, 0.15) is 0 Å². The maximum absolute atomic E-state index is 12.7. The minimum absolute atomic E-state index is 0.0367. The van der Waals surface area contributed by atoms with E-state index in [0.717, 1.165) is 5.56 Å². The zero-order valence-corrected chi connectivity index (χ0v) is 16.2. The van der Waals surface area contributed by atoms with Crippen LogP contribution in [0.1, 0.15) is 12.0 Å². The number of hydrogen-bond donors (Lipinski definition) is 2. The second-order valence-corrected chi connectivity index (χ2v) is 6.68. The molecule has 0 aliphatic rings. The molecular weight excluding hydrogens is 356 g/mol. The molecule has 0 spiro atoms. The van der Waals surface area contributed by atoms with Crippen molar-refractivity contribution in [3.8, 4) is 0 Å². The second kappa shape index (κ2) is 10.2. The highest BCUT2D eigenvalue weighted by molar-refractivity contribution is 5.96. The van der Waals surface area contributed by atoms with Crippen LogP contribution in [0.4, 0.5) is 11.4 Å². The first-order valence-corrected chi connectivity index (χ1v) is 9.04.